The molecule has 0 spiro atoms. The van der Waals surface area contributed by atoms with E-state index in [0.717, 1.165) is 24.2 Å². The van der Waals surface area contributed by atoms with Crippen molar-refractivity contribution in [2.45, 2.75) is 32.5 Å². The quantitative estimate of drug-likeness (QED) is 0.813. The van der Waals surface area contributed by atoms with E-state index in [1.807, 2.05) is 18.2 Å². The Bertz CT molecular complexity index is 759. The minimum Gasteiger partial charge on any atom is -0.493 e. The van der Waals surface area contributed by atoms with E-state index in [0.29, 0.717) is 30.9 Å². The lowest BCUT2D eigenvalue weighted by atomic mass is 10.1. The summed E-state index contributed by atoms with van der Waals surface area (Å²) in [6.45, 7) is 2.42. The third-order valence-electron chi connectivity index (χ3n) is 4.48. The molecule has 132 valence electrons. The smallest absolute Gasteiger partial charge is 0.220 e. The third-order valence-corrected chi connectivity index (χ3v) is 4.48. The number of hydrogen-bond acceptors (Lipinski definition) is 4. The first-order chi connectivity index (χ1) is 12.2. The fourth-order valence-corrected chi connectivity index (χ4v) is 3.04. The van der Waals surface area contributed by atoms with Crippen molar-refractivity contribution in [3.8, 4) is 11.5 Å². The van der Waals surface area contributed by atoms with Gasteiger partial charge in [-0.2, -0.15) is 0 Å². The molecule has 3 rings (SSSR count). The zero-order chi connectivity index (χ0) is 17.6. The van der Waals surface area contributed by atoms with E-state index in [9.17, 15) is 4.79 Å². The first-order valence-electron chi connectivity index (χ1n) is 8.48. The number of hydrogen-bond donors (Lipinski definition) is 2. The molecule has 1 heterocycles. The van der Waals surface area contributed by atoms with Crippen molar-refractivity contribution in [2.24, 2.45) is 0 Å². The SMILES string of the molecule is COc1ccc(CCC(=O)NCc2ccc3c(c2)CNC3)cc1OC. The lowest BCUT2D eigenvalue weighted by molar-refractivity contribution is -0.121. The highest BCUT2D eigenvalue weighted by Crippen LogP contribution is 2.27. The lowest BCUT2D eigenvalue weighted by Crippen LogP contribution is -2.23. The Balaban J connectivity index is 1.50. The predicted molar refractivity (Wildman–Crippen MR) is 96.7 cm³/mol. The Labute approximate surface area is 148 Å². The number of methoxy groups -OCH3 is 2. The highest BCUT2D eigenvalue weighted by atomic mass is 16.5. The largest absolute Gasteiger partial charge is 0.493 e. The van der Waals surface area contributed by atoms with E-state index in [1.54, 1.807) is 14.2 Å². The molecular formula is C20H24N2O3. The number of benzene rings is 2. The highest BCUT2D eigenvalue weighted by Gasteiger charge is 2.11. The number of ether oxygens (including phenoxy) is 2. The van der Waals surface area contributed by atoms with Crippen LogP contribution in [-0.2, 0) is 30.8 Å². The van der Waals surface area contributed by atoms with E-state index in [4.69, 9.17) is 9.47 Å². The number of rotatable bonds is 7. The van der Waals surface area contributed by atoms with Crippen LogP contribution in [0.5, 0.6) is 11.5 Å². The molecule has 0 aliphatic carbocycles. The summed E-state index contributed by atoms with van der Waals surface area (Å²) in [5.41, 5.74) is 4.87. The molecule has 1 aliphatic rings. The molecule has 0 saturated heterocycles. The summed E-state index contributed by atoms with van der Waals surface area (Å²) in [7, 11) is 3.22. The maximum Gasteiger partial charge on any atom is 0.220 e. The van der Waals surface area contributed by atoms with Crippen molar-refractivity contribution in [1.82, 2.24) is 10.6 Å². The fraction of sp³-hybridized carbons (Fsp3) is 0.350. The molecular weight excluding hydrogens is 316 g/mol. The van der Waals surface area contributed by atoms with Gasteiger partial charge in [-0.05, 0) is 40.8 Å². The zero-order valence-electron chi connectivity index (χ0n) is 14.7. The van der Waals surface area contributed by atoms with Gasteiger partial charge in [0.1, 0.15) is 0 Å². The van der Waals surface area contributed by atoms with Gasteiger partial charge < -0.3 is 20.1 Å². The van der Waals surface area contributed by atoms with Gasteiger partial charge >= 0.3 is 0 Å². The summed E-state index contributed by atoms with van der Waals surface area (Å²) in [6.07, 6.45) is 1.11. The van der Waals surface area contributed by atoms with Crippen molar-refractivity contribution < 1.29 is 14.3 Å². The molecule has 0 bridgehead atoms. The molecule has 25 heavy (non-hydrogen) atoms. The molecule has 2 aromatic carbocycles. The van der Waals surface area contributed by atoms with E-state index < -0.39 is 0 Å². The van der Waals surface area contributed by atoms with Crippen molar-refractivity contribution >= 4 is 5.91 Å². The van der Waals surface area contributed by atoms with Crippen LogP contribution in [0.15, 0.2) is 36.4 Å². The molecule has 0 unspecified atom stereocenters. The van der Waals surface area contributed by atoms with E-state index in [1.165, 1.54) is 11.1 Å². The van der Waals surface area contributed by atoms with Gasteiger partial charge in [0.05, 0.1) is 14.2 Å². The Morgan fingerprint density at radius 3 is 2.56 bits per heavy atom. The molecule has 0 atom stereocenters. The number of nitrogens with one attached hydrogen (secondary N) is 2. The van der Waals surface area contributed by atoms with E-state index >= 15 is 0 Å². The van der Waals surface area contributed by atoms with Crippen LogP contribution in [-0.4, -0.2) is 20.1 Å². The molecule has 5 heteroatoms. The van der Waals surface area contributed by atoms with Crippen LogP contribution < -0.4 is 20.1 Å². The Kier molecular flexibility index (Phi) is 5.56. The minimum atomic E-state index is 0.0495. The third kappa shape index (κ3) is 4.31. The van der Waals surface area contributed by atoms with E-state index in [2.05, 4.69) is 28.8 Å². The van der Waals surface area contributed by atoms with Crippen molar-refractivity contribution in [3.63, 3.8) is 0 Å². The van der Waals surface area contributed by atoms with Crippen molar-refractivity contribution in [1.29, 1.82) is 0 Å². The summed E-state index contributed by atoms with van der Waals surface area (Å²) in [5, 5.41) is 6.33. The minimum absolute atomic E-state index is 0.0495. The Hall–Kier alpha value is -2.53. The van der Waals surface area contributed by atoms with Crippen LogP contribution in [0.25, 0.3) is 0 Å². The molecule has 0 radical (unpaired) electrons. The summed E-state index contributed by atoms with van der Waals surface area (Å²) in [6, 6.07) is 12.1. The number of carbonyl (C=O) groups is 1. The van der Waals surface area contributed by atoms with Gasteiger partial charge in [-0.15, -0.1) is 0 Å². The van der Waals surface area contributed by atoms with Crippen molar-refractivity contribution in [2.75, 3.05) is 14.2 Å². The molecule has 1 amide bonds. The lowest BCUT2D eigenvalue weighted by Gasteiger charge is -2.10. The van der Waals surface area contributed by atoms with Crippen molar-refractivity contribution in [3.05, 3.63) is 58.7 Å². The van der Waals surface area contributed by atoms with Gasteiger partial charge in [0.15, 0.2) is 11.5 Å². The molecule has 0 fully saturated rings. The maximum absolute atomic E-state index is 12.1. The summed E-state index contributed by atoms with van der Waals surface area (Å²) in [4.78, 5) is 12.1. The van der Waals surface area contributed by atoms with Gasteiger partial charge in [0.25, 0.3) is 0 Å². The van der Waals surface area contributed by atoms with Gasteiger partial charge in [-0.25, -0.2) is 0 Å². The number of amides is 1. The normalized spacial score (nSPS) is 12.6. The summed E-state index contributed by atoms with van der Waals surface area (Å²) < 4.78 is 10.5. The molecule has 0 aromatic heterocycles. The van der Waals surface area contributed by atoms with Crippen LogP contribution in [0.3, 0.4) is 0 Å². The molecule has 1 aliphatic heterocycles. The molecule has 2 N–H and O–H groups in total. The predicted octanol–water partition coefficient (Wildman–Crippen LogP) is 2.56. The second-order valence-electron chi connectivity index (χ2n) is 6.17. The first-order valence-corrected chi connectivity index (χ1v) is 8.48. The van der Waals surface area contributed by atoms with Crippen LogP contribution in [0.4, 0.5) is 0 Å². The second-order valence-corrected chi connectivity index (χ2v) is 6.17. The maximum atomic E-state index is 12.1. The van der Waals surface area contributed by atoms with Gasteiger partial charge in [0, 0.05) is 26.1 Å². The first kappa shape index (κ1) is 17.3. The number of carbonyl (C=O) groups excluding carboxylic acids is 1. The highest BCUT2D eigenvalue weighted by molar-refractivity contribution is 5.76. The summed E-state index contributed by atoms with van der Waals surface area (Å²) in [5.74, 6) is 1.43. The topological polar surface area (TPSA) is 59.6 Å². The zero-order valence-corrected chi connectivity index (χ0v) is 14.7. The molecule has 5 nitrogen and oxygen atoms in total. The van der Waals surface area contributed by atoms with E-state index in [-0.39, 0.29) is 5.91 Å². The Morgan fingerprint density at radius 2 is 1.76 bits per heavy atom. The average Bonchev–Trinajstić information content (AvgIpc) is 3.12. The average molecular weight is 340 g/mol. The van der Waals surface area contributed by atoms with Crippen LogP contribution in [0, 0.1) is 0 Å². The van der Waals surface area contributed by atoms with Gasteiger partial charge in [0.2, 0.25) is 5.91 Å². The molecule has 2 aromatic rings. The van der Waals surface area contributed by atoms with Crippen LogP contribution in [0.1, 0.15) is 28.7 Å². The van der Waals surface area contributed by atoms with Gasteiger partial charge in [-0.3, -0.25) is 4.79 Å². The van der Waals surface area contributed by atoms with Crippen LogP contribution >= 0.6 is 0 Å². The monoisotopic (exact) mass is 340 g/mol. The molecule has 0 saturated carbocycles. The number of aryl methyl sites for hydroxylation is 1. The Morgan fingerprint density at radius 1 is 1.00 bits per heavy atom. The van der Waals surface area contributed by atoms with Crippen LogP contribution in [0.2, 0.25) is 0 Å². The van der Waals surface area contributed by atoms with Gasteiger partial charge in [-0.1, -0.05) is 24.3 Å². The fourth-order valence-electron chi connectivity index (χ4n) is 3.04. The standard InChI is InChI=1S/C20H24N2O3/c1-24-18-7-4-14(10-19(18)25-2)5-8-20(23)22-11-15-3-6-16-12-21-13-17(16)9-15/h3-4,6-7,9-10,21H,5,8,11-13H2,1-2H3,(H,22,23). The summed E-state index contributed by atoms with van der Waals surface area (Å²) >= 11 is 0. The second kappa shape index (κ2) is 8.03. The number of fused-ring (bicyclic) bond motifs is 1.